The highest BCUT2D eigenvalue weighted by Crippen LogP contribution is 2.28. The van der Waals surface area contributed by atoms with Gasteiger partial charge in [0.25, 0.3) is 0 Å². The number of aryl methyl sites for hydroxylation is 2. The smallest absolute Gasteiger partial charge is 0.200 e. The number of benzene rings is 4. The molecule has 4 aromatic rings. The first-order valence-electron chi connectivity index (χ1n) is 11.2. The van der Waals surface area contributed by atoms with Crippen molar-refractivity contribution in [2.45, 2.75) is 13.8 Å². The summed E-state index contributed by atoms with van der Waals surface area (Å²) in [4.78, 5) is 0. The topological polar surface area (TPSA) is 0 Å². The lowest BCUT2D eigenvalue weighted by Gasteiger charge is -2.45. The maximum atomic E-state index is 15.5. The molecule has 0 aliphatic heterocycles. The van der Waals surface area contributed by atoms with Crippen LogP contribution >= 0.6 is 0 Å². The van der Waals surface area contributed by atoms with Crippen molar-refractivity contribution in [3.63, 3.8) is 0 Å². The normalized spacial score (nSPS) is 11.9. The molecule has 0 spiro atoms. The molecule has 0 nitrogen and oxygen atoms in total. The second kappa shape index (κ2) is 10.3. The lowest BCUT2D eigenvalue weighted by molar-refractivity contribution is 0.380. The molecule has 0 atom stereocenters. The summed E-state index contributed by atoms with van der Waals surface area (Å²) in [6.45, 7) is 2.18. The molecule has 0 fully saturated rings. The van der Waals surface area contributed by atoms with Crippen LogP contribution < -0.4 is 21.9 Å². The van der Waals surface area contributed by atoms with Crippen LogP contribution in [0.1, 0.15) is 11.1 Å². The minimum Gasteiger partial charge on any atom is -0.207 e. The third-order valence-corrected chi connectivity index (χ3v) is 6.77. The molecule has 0 aliphatic rings. The first kappa shape index (κ1) is 30.8. The molecule has 42 heavy (non-hydrogen) atoms. The van der Waals surface area contributed by atoms with Crippen LogP contribution in [0, 0.1) is 101 Å². The molecule has 0 heterocycles. The Morgan fingerprint density at radius 1 is 0.310 bits per heavy atom. The van der Waals surface area contributed by atoms with E-state index in [2.05, 4.69) is 0 Å². The maximum Gasteiger partial charge on any atom is 0.200 e. The molecule has 0 saturated heterocycles. The SMILES string of the molecule is Cc1cc(C)cc([B-](c2c(F)c(F)c(F)c(F)c2F)(c2c(F)c(F)c(F)c(F)c2F)c2c(F)c(F)c(F)c(F)c2F)c1. The molecule has 0 bridgehead atoms. The van der Waals surface area contributed by atoms with Gasteiger partial charge in [0.05, 0.1) is 0 Å². The van der Waals surface area contributed by atoms with E-state index in [1.54, 1.807) is 0 Å². The van der Waals surface area contributed by atoms with E-state index in [-0.39, 0.29) is 11.1 Å². The number of rotatable bonds is 4. The summed E-state index contributed by atoms with van der Waals surface area (Å²) in [5.74, 6) is -45.4. The Kier molecular flexibility index (Phi) is 7.57. The summed E-state index contributed by atoms with van der Waals surface area (Å²) in [7, 11) is 0. The molecule has 0 unspecified atom stereocenters. The van der Waals surface area contributed by atoms with Crippen molar-refractivity contribution >= 4 is 28.0 Å². The zero-order chi connectivity index (χ0) is 31.7. The van der Waals surface area contributed by atoms with Crippen molar-refractivity contribution in [1.82, 2.24) is 0 Å². The van der Waals surface area contributed by atoms with Crippen molar-refractivity contribution < 1.29 is 65.9 Å². The van der Waals surface area contributed by atoms with Gasteiger partial charge in [-0.25, -0.2) is 65.9 Å². The van der Waals surface area contributed by atoms with E-state index in [0.29, 0.717) is 12.1 Å². The Morgan fingerprint density at radius 3 is 0.714 bits per heavy atom. The average Bonchev–Trinajstić information content (AvgIpc) is 2.94. The van der Waals surface area contributed by atoms with Crippen LogP contribution in [0.15, 0.2) is 18.2 Å². The Bertz CT molecular complexity index is 1540. The molecule has 0 saturated carbocycles. The summed E-state index contributed by atoms with van der Waals surface area (Å²) < 4.78 is 223. The van der Waals surface area contributed by atoms with Gasteiger partial charge in [-0.1, -0.05) is 29.3 Å². The van der Waals surface area contributed by atoms with Crippen molar-refractivity contribution in [2.75, 3.05) is 0 Å². The van der Waals surface area contributed by atoms with Gasteiger partial charge >= 0.3 is 0 Å². The molecule has 4 aromatic carbocycles. The molecular formula is C26H9BF15-. The Balaban J connectivity index is 2.59. The molecule has 0 radical (unpaired) electrons. The van der Waals surface area contributed by atoms with Crippen LogP contribution in [0.4, 0.5) is 65.9 Å². The fourth-order valence-electron chi connectivity index (χ4n) is 5.20. The van der Waals surface area contributed by atoms with Gasteiger partial charge < -0.3 is 0 Å². The Hall–Kier alpha value is -4.11. The molecular weight excluding hydrogens is 608 g/mol. The second-order valence-corrected chi connectivity index (χ2v) is 9.24. The first-order valence-corrected chi connectivity index (χ1v) is 11.2. The third-order valence-electron chi connectivity index (χ3n) is 6.77. The highest BCUT2D eigenvalue weighted by atomic mass is 19.2. The Morgan fingerprint density at radius 2 is 0.500 bits per heavy atom. The van der Waals surface area contributed by atoms with Gasteiger partial charge in [-0.3, -0.25) is 0 Å². The maximum absolute atomic E-state index is 15.5. The van der Waals surface area contributed by atoms with Crippen molar-refractivity contribution in [1.29, 1.82) is 0 Å². The molecule has 0 aliphatic carbocycles. The van der Waals surface area contributed by atoms with Gasteiger partial charge in [-0.05, 0) is 13.8 Å². The van der Waals surface area contributed by atoms with Gasteiger partial charge in [0.2, 0.25) is 0 Å². The summed E-state index contributed by atoms with van der Waals surface area (Å²) >= 11 is 0. The van der Waals surface area contributed by atoms with Crippen LogP contribution in [-0.4, -0.2) is 6.15 Å². The van der Waals surface area contributed by atoms with Gasteiger partial charge in [-0.2, -0.15) is 5.46 Å². The highest BCUT2D eigenvalue weighted by molar-refractivity contribution is 7.20. The van der Waals surface area contributed by atoms with Crippen LogP contribution in [0.5, 0.6) is 0 Å². The minimum atomic E-state index is -5.76. The van der Waals surface area contributed by atoms with Gasteiger partial charge in [0, 0.05) is 0 Å². The van der Waals surface area contributed by atoms with Crippen molar-refractivity contribution in [2.24, 2.45) is 0 Å². The lowest BCUT2D eigenvalue weighted by Crippen LogP contribution is -2.79. The third kappa shape index (κ3) is 4.05. The van der Waals surface area contributed by atoms with E-state index in [9.17, 15) is 39.5 Å². The lowest BCUT2D eigenvalue weighted by atomic mass is 9.12. The zero-order valence-electron chi connectivity index (χ0n) is 20.5. The van der Waals surface area contributed by atoms with Crippen molar-refractivity contribution in [3.8, 4) is 0 Å². The van der Waals surface area contributed by atoms with Crippen molar-refractivity contribution in [3.05, 3.63) is 117 Å². The largest absolute Gasteiger partial charge is 0.207 e. The quantitative estimate of drug-likeness (QED) is 0.118. The zero-order valence-corrected chi connectivity index (χ0v) is 20.5. The second-order valence-electron chi connectivity index (χ2n) is 9.24. The van der Waals surface area contributed by atoms with Crippen LogP contribution in [0.3, 0.4) is 0 Å². The fourth-order valence-corrected chi connectivity index (χ4v) is 5.20. The first-order chi connectivity index (χ1) is 19.4. The number of hydrogen-bond acceptors (Lipinski definition) is 0. The van der Waals surface area contributed by atoms with E-state index in [1.165, 1.54) is 0 Å². The predicted octanol–water partition coefficient (Wildman–Crippen LogP) is 5.77. The summed E-state index contributed by atoms with van der Waals surface area (Å²) in [6, 6.07) is 2.16. The van der Waals surface area contributed by atoms with E-state index in [1.807, 2.05) is 0 Å². The predicted molar refractivity (Wildman–Crippen MR) is 119 cm³/mol. The highest BCUT2D eigenvalue weighted by Gasteiger charge is 2.49. The molecule has 16 heteroatoms. The molecule has 222 valence electrons. The van der Waals surface area contributed by atoms with Crippen LogP contribution in [0.2, 0.25) is 0 Å². The van der Waals surface area contributed by atoms with E-state index in [0.717, 1.165) is 19.9 Å². The summed E-state index contributed by atoms with van der Waals surface area (Å²) in [5, 5.41) is 0. The number of halogens is 15. The van der Waals surface area contributed by atoms with Gasteiger partial charge in [-0.15, -0.1) is 16.4 Å². The van der Waals surface area contributed by atoms with E-state index in [4.69, 9.17) is 0 Å². The molecule has 0 amide bonds. The van der Waals surface area contributed by atoms with Crippen LogP contribution in [-0.2, 0) is 0 Å². The number of hydrogen-bond donors (Lipinski definition) is 0. The standard InChI is InChI=1S/C26H9BF15/c1-6-3-7(2)5-8(4-6)27(9-12(28)18(34)24(40)19(35)13(9)29,10-14(30)20(36)25(41)21(37)15(10)31)11-16(32)22(38)26(42)23(39)17(11)33/h3-5H,1-2H3/q-1. The van der Waals surface area contributed by atoms with Crippen LogP contribution in [0.25, 0.3) is 0 Å². The van der Waals surface area contributed by atoms with E-state index >= 15 is 26.3 Å². The fraction of sp³-hybridized carbons (Fsp3) is 0.0769. The minimum absolute atomic E-state index is 0.187. The summed E-state index contributed by atoms with van der Waals surface area (Å²) in [6.07, 6.45) is -5.76. The molecule has 4 rings (SSSR count). The van der Waals surface area contributed by atoms with E-state index < -0.39 is 115 Å². The monoisotopic (exact) mass is 617 g/mol. The summed E-state index contributed by atoms with van der Waals surface area (Å²) in [5.41, 5.74) is -9.73. The molecule has 0 aromatic heterocycles. The Labute approximate surface area is 224 Å². The van der Waals surface area contributed by atoms with Gasteiger partial charge in [0.1, 0.15) is 41.0 Å². The average molecular weight is 617 g/mol. The molecule has 0 N–H and O–H groups in total. The van der Waals surface area contributed by atoms with Gasteiger partial charge in [0.15, 0.2) is 52.4 Å².